The monoisotopic (exact) mass is 412 g/mol. The van der Waals surface area contributed by atoms with Gasteiger partial charge in [-0.3, -0.25) is 4.79 Å². The topological polar surface area (TPSA) is 84.9 Å². The molecular formula is C18H21ClN2O5S. The number of sulfonamides is 1. The number of methoxy groups -OCH3 is 2. The van der Waals surface area contributed by atoms with Gasteiger partial charge in [-0.2, -0.15) is 0 Å². The van der Waals surface area contributed by atoms with E-state index in [0.29, 0.717) is 22.0 Å². The van der Waals surface area contributed by atoms with Gasteiger partial charge in [-0.05, 0) is 36.4 Å². The number of carbonyl (C=O) groups excluding carboxylic acids is 1. The van der Waals surface area contributed by atoms with E-state index in [1.807, 2.05) is 0 Å². The van der Waals surface area contributed by atoms with E-state index in [0.717, 1.165) is 4.31 Å². The molecule has 0 bridgehead atoms. The lowest BCUT2D eigenvalue weighted by Crippen LogP contribution is -2.23. The summed E-state index contributed by atoms with van der Waals surface area (Å²) in [5, 5.41) is 3.18. The molecule has 9 heteroatoms. The summed E-state index contributed by atoms with van der Waals surface area (Å²) in [7, 11) is 2.00. The van der Waals surface area contributed by atoms with Crippen molar-refractivity contribution in [3.8, 4) is 11.5 Å². The molecule has 0 saturated heterocycles. The zero-order chi connectivity index (χ0) is 20.2. The molecule has 0 heterocycles. The first-order valence-electron chi connectivity index (χ1n) is 7.92. The minimum absolute atomic E-state index is 0.0194. The normalized spacial score (nSPS) is 11.3. The van der Waals surface area contributed by atoms with Crippen LogP contribution in [-0.2, 0) is 21.2 Å². The predicted molar refractivity (Wildman–Crippen MR) is 104 cm³/mol. The number of halogens is 1. The number of hydrogen-bond acceptors (Lipinski definition) is 5. The summed E-state index contributed by atoms with van der Waals surface area (Å²) < 4.78 is 36.4. The molecule has 146 valence electrons. The number of amides is 1. The smallest absolute Gasteiger partial charge is 0.246 e. The first kappa shape index (κ1) is 21.0. The van der Waals surface area contributed by atoms with E-state index >= 15 is 0 Å². The largest absolute Gasteiger partial charge is 0.496 e. The van der Waals surface area contributed by atoms with Crippen LogP contribution in [0.25, 0.3) is 0 Å². The molecule has 1 amide bonds. The molecule has 2 rings (SSSR count). The van der Waals surface area contributed by atoms with E-state index in [1.165, 1.54) is 40.4 Å². The molecule has 27 heavy (non-hydrogen) atoms. The summed E-state index contributed by atoms with van der Waals surface area (Å²) in [5.74, 6) is 0.396. The minimum atomic E-state index is -3.73. The van der Waals surface area contributed by atoms with Crippen LogP contribution in [0.1, 0.15) is 5.56 Å². The second kappa shape index (κ2) is 8.60. The molecule has 7 nitrogen and oxygen atoms in total. The van der Waals surface area contributed by atoms with Crippen molar-refractivity contribution in [2.45, 2.75) is 11.3 Å². The summed E-state index contributed by atoms with van der Waals surface area (Å²) >= 11 is 5.98. The lowest BCUT2D eigenvalue weighted by molar-refractivity contribution is -0.115. The summed E-state index contributed by atoms with van der Waals surface area (Å²) in [6.45, 7) is 0. The van der Waals surface area contributed by atoms with Crippen molar-refractivity contribution in [3.05, 3.63) is 47.0 Å². The van der Waals surface area contributed by atoms with Crippen molar-refractivity contribution in [1.82, 2.24) is 4.31 Å². The number of benzene rings is 2. The Kier molecular flexibility index (Phi) is 6.69. The Morgan fingerprint density at radius 1 is 1.07 bits per heavy atom. The Labute approximate surface area is 163 Å². The Morgan fingerprint density at radius 3 is 2.30 bits per heavy atom. The molecule has 0 aliphatic carbocycles. The van der Waals surface area contributed by atoms with E-state index < -0.39 is 10.0 Å². The van der Waals surface area contributed by atoms with Crippen molar-refractivity contribution in [2.24, 2.45) is 0 Å². The predicted octanol–water partition coefficient (Wildman–Crippen LogP) is 2.79. The van der Waals surface area contributed by atoms with Gasteiger partial charge in [-0.15, -0.1) is 0 Å². The van der Waals surface area contributed by atoms with Crippen molar-refractivity contribution in [2.75, 3.05) is 33.6 Å². The van der Waals surface area contributed by atoms with Crippen LogP contribution in [0.5, 0.6) is 11.5 Å². The summed E-state index contributed by atoms with van der Waals surface area (Å²) in [6, 6.07) is 9.42. The Morgan fingerprint density at radius 2 is 1.70 bits per heavy atom. The third kappa shape index (κ3) is 4.91. The highest BCUT2D eigenvalue weighted by Crippen LogP contribution is 2.29. The second-order valence-electron chi connectivity index (χ2n) is 5.83. The first-order valence-corrected chi connectivity index (χ1v) is 9.73. The third-order valence-electron chi connectivity index (χ3n) is 3.80. The number of ether oxygens (including phenoxy) is 2. The van der Waals surface area contributed by atoms with Gasteiger partial charge < -0.3 is 14.8 Å². The van der Waals surface area contributed by atoms with Crippen molar-refractivity contribution in [3.63, 3.8) is 0 Å². The lowest BCUT2D eigenvalue weighted by Gasteiger charge is -2.16. The maximum Gasteiger partial charge on any atom is 0.246 e. The summed E-state index contributed by atoms with van der Waals surface area (Å²) in [6.07, 6.45) is 0.0194. The average molecular weight is 413 g/mol. The van der Waals surface area contributed by atoms with Crippen molar-refractivity contribution in [1.29, 1.82) is 0 Å². The van der Waals surface area contributed by atoms with Crippen LogP contribution in [0.4, 0.5) is 5.69 Å². The van der Waals surface area contributed by atoms with E-state index in [2.05, 4.69) is 5.32 Å². The zero-order valence-electron chi connectivity index (χ0n) is 15.4. The molecule has 0 unspecified atom stereocenters. The van der Waals surface area contributed by atoms with Crippen molar-refractivity contribution < 1.29 is 22.7 Å². The first-order chi connectivity index (χ1) is 12.7. The molecule has 0 aliphatic rings. The molecule has 2 aromatic rings. The van der Waals surface area contributed by atoms with Crippen molar-refractivity contribution >= 4 is 33.2 Å². The van der Waals surface area contributed by atoms with E-state index in [9.17, 15) is 13.2 Å². The molecule has 0 aromatic heterocycles. The third-order valence-corrected chi connectivity index (χ3v) is 5.87. The number of rotatable bonds is 7. The van der Waals surface area contributed by atoms with Crippen LogP contribution in [0.2, 0.25) is 5.02 Å². The van der Waals surface area contributed by atoms with Gasteiger partial charge >= 0.3 is 0 Å². The van der Waals surface area contributed by atoms with Gasteiger partial charge in [0.2, 0.25) is 15.9 Å². The molecule has 0 radical (unpaired) electrons. The molecule has 0 aliphatic heterocycles. The minimum Gasteiger partial charge on any atom is -0.496 e. The number of nitrogens with zero attached hydrogens (tertiary/aromatic N) is 1. The number of hydrogen-bond donors (Lipinski definition) is 1. The van der Waals surface area contributed by atoms with Gasteiger partial charge in [0.1, 0.15) is 16.4 Å². The average Bonchev–Trinajstić information content (AvgIpc) is 2.61. The van der Waals surface area contributed by atoms with Gasteiger partial charge in [0.25, 0.3) is 0 Å². The van der Waals surface area contributed by atoms with Gasteiger partial charge in [0, 0.05) is 30.4 Å². The number of carbonyl (C=O) groups is 1. The van der Waals surface area contributed by atoms with Crippen LogP contribution in [0.15, 0.2) is 41.3 Å². The van der Waals surface area contributed by atoms with Gasteiger partial charge in [-0.1, -0.05) is 11.6 Å². The molecule has 1 N–H and O–H groups in total. The number of anilines is 1. The number of nitrogens with one attached hydrogen (secondary N) is 1. The van der Waals surface area contributed by atoms with Crippen LogP contribution < -0.4 is 14.8 Å². The molecular weight excluding hydrogens is 392 g/mol. The lowest BCUT2D eigenvalue weighted by atomic mass is 10.1. The Bertz CT molecular complexity index is 945. The summed E-state index contributed by atoms with van der Waals surface area (Å²) in [5.41, 5.74) is 0.958. The highest BCUT2D eigenvalue weighted by Gasteiger charge is 2.23. The fraction of sp³-hybridized carbons (Fsp3) is 0.278. The standard InChI is InChI=1S/C18H21ClN2O5S/c1-21(2)27(23,24)17-11-14(6-8-16(17)26-4)20-18(22)10-12-9-13(19)5-7-15(12)25-3/h5-9,11H,10H2,1-4H3,(H,20,22). The van der Waals surface area contributed by atoms with E-state index in [4.69, 9.17) is 21.1 Å². The Hall–Kier alpha value is -2.29. The molecule has 0 atom stereocenters. The van der Waals surface area contributed by atoms with Crippen LogP contribution in [0.3, 0.4) is 0 Å². The zero-order valence-corrected chi connectivity index (χ0v) is 17.0. The highest BCUT2D eigenvalue weighted by atomic mass is 35.5. The molecule has 0 saturated carbocycles. The van der Waals surface area contributed by atoms with Crippen LogP contribution >= 0.6 is 11.6 Å². The van der Waals surface area contributed by atoms with Gasteiger partial charge in [-0.25, -0.2) is 12.7 Å². The second-order valence-corrected chi connectivity index (χ2v) is 8.39. The van der Waals surface area contributed by atoms with Crippen LogP contribution in [-0.4, -0.2) is 46.9 Å². The molecule has 0 spiro atoms. The summed E-state index contributed by atoms with van der Waals surface area (Å²) in [4.78, 5) is 12.4. The van der Waals surface area contributed by atoms with E-state index in [-0.39, 0.29) is 23.0 Å². The SMILES string of the molecule is COc1ccc(Cl)cc1CC(=O)Nc1ccc(OC)c(S(=O)(=O)N(C)C)c1. The highest BCUT2D eigenvalue weighted by molar-refractivity contribution is 7.89. The fourth-order valence-electron chi connectivity index (χ4n) is 2.42. The fourth-order valence-corrected chi connectivity index (χ4v) is 3.69. The van der Waals surface area contributed by atoms with E-state index in [1.54, 1.807) is 24.3 Å². The van der Waals surface area contributed by atoms with Gasteiger partial charge in [0.05, 0.1) is 20.6 Å². The van der Waals surface area contributed by atoms with Gasteiger partial charge in [0.15, 0.2) is 0 Å². The molecule has 0 fully saturated rings. The maximum atomic E-state index is 12.5. The quantitative estimate of drug-likeness (QED) is 0.755. The maximum absolute atomic E-state index is 12.5. The Balaban J connectivity index is 2.28. The molecule has 2 aromatic carbocycles. The van der Waals surface area contributed by atoms with Crippen LogP contribution in [0, 0.1) is 0 Å².